The van der Waals surface area contributed by atoms with Crippen molar-refractivity contribution in [1.29, 1.82) is 0 Å². The lowest BCUT2D eigenvalue weighted by Crippen LogP contribution is -2.49. The Labute approximate surface area is 237 Å². The number of carbonyl (C=O) groups is 3. The van der Waals surface area contributed by atoms with E-state index in [2.05, 4.69) is 40.2 Å². The molecular weight excluding hydrogens is 510 g/mol. The highest BCUT2D eigenvalue weighted by Gasteiger charge is 2.29. The maximum absolute atomic E-state index is 12.8. The SMILES string of the molecule is CC(C)[C@@H](CN[C@@H](CCCCNC(=O)OC(C)(C)C)C(=O)O)NC(=O)OCC1c2ccccc2-c2ccccc21. The summed E-state index contributed by atoms with van der Waals surface area (Å²) in [6.07, 6.45) is 0.602. The molecule has 218 valence electrons. The van der Waals surface area contributed by atoms with E-state index in [-0.39, 0.29) is 31.0 Å². The summed E-state index contributed by atoms with van der Waals surface area (Å²) in [6, 6.07) is 15.2. The van der Waals surface area contributed by atoms with E-state index in [1.165, 1.54) is 0 Å². The third kappa shape index (κ3) is 8.98. The van der Waals surface area contributed by atoms with Gasteiger partial charge in [-0.15, -0.1) is 0 Å². The van der Waals surface area contributed by atoms with E-state index >= 15 is 0 Å². The minimum absolute atomic E-state index is 0.0324. The monoisotopic (exact) mass is 553 g/mol. The maximum Gasteiger partial charge on any atom is 0.407 e. The molecule has 9 heteroatoms. The highest BCUT2D eigenvalue weighted by atomic mass is 16.6. The average Bonchev–Trinajstić information content (AvgIpc) is 3.20. The van der Waals surface area contributed by atoms with Gasteiger partial charge in [-0.25, -0.2) is 9.59 Å². The number of carboxylic acid groups (broad SMARTS) is 1. The van der Waals surface area contributed by atoms with Gasteiger partial charge in [0.25, 0.3) is 0 Å². The molecule has 0 aliphatic heterocycles. The van der Waals surface area contributed by atoms with Crippen LogP contribution in [-0.2, 0) is 14.3 Å². The zero-order valence-corrected chi connectivity index (χ0v) is 24.2. The summed E-state index contributed by atoms with van der Waals surface area (Å²) in [4.78, 5) is 36.3. The van der Waals surface area contributed by atoms with Gasteiger partial charge in [0.1, 0.15) is 18.2 Å². The quantitative estimate of drug-likeness (QED) is 0.248. The van der Waals surface area contributed by atoms with Crippen LogP contribution in [0, 0.1) is 5.92 Å². The van der Waals surface area contributed by atoms with Gasteiger partial charge in [0.15, 0.2) is 0 Å². The van der Waals surface area contributed by atoms with Crippen molar-refractivity contribution >= 4 is 18.2 Å². The van der Waals surface area contributed by atoms with Gasteiger partial charge in [-0.1, -0.05) is 62.4 Å². The zero-order chi connectivity index (χ0) is 29.3. The molecule has 2 amide bonds. The summed E-state index contributed by atoms with van der Waals surface area (Å²) < 4.78 is 10.9. The van der Waals surface area contributed by atoms with E-state index < -0.39 is 29.8 Å². The Kier molecular flexibility index (Phi) is 11.0. The first-order valence-corrected chi connectivity index (χ1v) is 14.0. The summed E-state index contributed by atoms with van der Waals surface area (Å²) in [5.41, 5.74) is 4.05. The van der Waals surface area contributed by atoms with E-state index in [0.29, 0.717) is 25.8 Å². The van der Waals surface area contributed by atoms with Crippen molar-refractivity contribution in [2.24, 2.45) is 5.92 Å². The maximum atomic E-state index is 12.8. The number of fused-ring (bicyclic) bond motifs is 3. The van der Waals surface area contributed by atoms with Crippen LogP contribution in [0.3, 0.4) is 0 Å². The first-order chi connectivity index (χ1) is 19.0. The predicted molar refractivity (Wildman–Crippen MR) is 154 cm³/mol. The van der Waals surface area contributed by atoms with Gasteiger partial charge in [-0.2, -0.15) is 0 Å². The van der Waals surface area contributed by atoms with Crippen molar-refractivity contribution in [1.82, 2.24) is 16.0 Å². The van der Waals surface area contributed by atoms with Gasteiger partial charge in [0, 0.05) is 25.0 Å². The van der Waals surface area contributed by atoms with Crippen LogP contribution in [0.15, 0.2) is 48.5 Å². The lowest BCUT2D eigenvalue weighted by atomic mass is 9.98. The van der Waals surface area contributed by atoms with Crippen LogP contribution in [0.5, 0.6) is 0 Å². The molecule has 0 bridgehead atoms. The van der Waals surface area contributed by atoms with E-state index in [0.717, 1.165) is 22.3 Å². The summed E-state index contributed by atoms with van der Waals surface area (Å²) in [5, 5.41) is 18.4. The molecule has 2 atom stereocenters. The van der Waals surface area contributed by atoms with Crippen molar-refractivity contribution in [3.63, 3.8) is 0 Å². The number of alkyl carbamates (subject to hydrolysis) is 2. The summed E-state index contributed by atoms with van der Waals surface area (Å²) in [6.45, 7) is 10.2. The van der Waals surface area contributed by atoms with Crippen LogP contribution in [0.2, 0.25) is 0 Å². The Balaban J connectivity index is 1.45. The lowest BCUT2D eigenvalue weighted by molar-refractivity contribution is -0.139. The van der Waals surface area contributed by atoms with Crippen molar-refractivity contribution in [2.75, 3.05) is 19.7 Å². The lowest BCUT2D eigenvalue weighted by Gasteiger charge is -2.25. The number of hydrogen-bond donors (Lipinski definition) is 4. The van der Waals surface area contributed by atoms with E-state index in [9.17, 15) is 19.5 Å². The highest BCUT2D eigenvalue weighted by Crippen LogP contribution is 2.44. The molecule has 0 fully saturated rings. The Hall–Kier alpha value is -3.59. The van der Waals surface area contributed by atoms with Crippen molar-refractivity contribution in [3.05, 3.63) is 59.7 Å². The van der Waals surface area contributed by atoms with Crippen LogP contribution >= 0.6 is 0 Å². The van der Waals surface area contributed by atoms with E-state index in [1.54, 1.807) is 20.8 Å². The standard InChI is InChI=1S/C31H43N3O6/c1-20(2)27(18-33-26(28(35)36)16-10-11-17-32-29(37)40-31(3,4)5)34-30(38)39-19-25-23-14-8-6-12-21(23)22-13-7-9-15-24(22)25/h6-9,12-15,20,25-27,33H,10-11,16-19H2,1-5H3,(H,32,37)(H,34,38)(H,35,36)/t26-,27+/m0/s1. The van der Waals surface area contributed by atoms with E-state index in [4.69, 9.17) is 9.47 Å². The number of benzene rings is 2. The number of unbranched alkanes of at least 4 members (excludes halogenated alkanes) is 1. The largest absolute Gasteiger partial charge is 0.480 e. The van der Waals surface area contributed by atoms with Gasteiger partial charge in [-0.3, -0.25) is 4.79 Å². The second-order valence-corrected chi connectivity index (χ2v) is 11.5. The summed E-state index contributed by atoms with van der Waals surface area (Å²) >= 11 is 0. The van der Waals surface area contributed by atoms with Crippen molar-refractivity contribution < 1.29 is 29.0 Å². The Morgan fingerprint density at radius 3 is 2.08 bits per heavy atom. The molecule has 2 aromatic rings. The molecule has 4 N–H and O–H groups in total. The number of carboxylic acids is 1. The zero-order valence-electron chi connectivity index (χ0n) is 24.2. The van der Waals surface area contributed by atoms with E-state index in [1.807, 2.05) is 38.1 Å². The Morgan fingerprint density at radius 2 is 1.52 bits per heavy atom. The van der Waals surface area contributed by atoms with Gasteiger partial charge in [0.05, 0.1) is 0 Å². The van der Waals surface area contributed by atoms with Gasteiger partial charge in [0.2, 0.25) is 0 Å². The van der Waals surface area contributed by atoms with Crippen LogP contribution in [0.4, 0.5) is 9.59 Å². The fraction of sp³-hybridized carbons (Fsp3) is 0.516. The van der Waals surface area contributed by atoms with Gasteiger partial charge in [-0.05, 0) is 68.2 Å². The molecule has 1 aliphatic carbocycles. The third-order valence-electron chi connectivity index (χ3n) is 6.92. The molecule has 0 unspecified atom stereocenters. The fourth-order valence-corrected chi connectivity index (χ4v) is 4.81. The van der Waals surface area contributed by atoms with Crippen LogP contribution in [0.1, 0.15) is 70.9 Å². The second-order valence-electron chi connectivity index (χ2n) is 11.5. The molecule has 0 heterocycles. The van der Waals surface area contributed by atoms with Crippen LogP contribution in [0.25, 0.3) is 11.1 Å². The number of carbonyl (C=O) groups excluding carboxylic acids is 2. The molecule has 9 nitrogen and oxygen atoms in total. The molecular formula is C31H43N3O6. The highest BCUT2D eigenvalue weighted by molar-refractivity contribution is 5.79. The average molecular weight is 554 g/mol. The second kappa shape index (κ2) is 14.2. The minimum Gasteiger partial charge on any atom is -0.480 e. The van der Waals surface area contributed by atoms with Crippen LogP contribution in [-0.4, -0.2) is 60.6 Å². The number of aliphatic carboxylic acids is 1. The number of amides is 2. The molecule has 0 saturated heterocycles. The van der Waals surface area contributed by atoms with Crippen molar-refractivity contribution in [2.45, 2.75) is 77.5 Å². The first kappa shape index (κ1) is 30.9. The molecule has 3 rings (SSSR count). The van der Waals surface area contributed by atoms with Gasteiger partial charge >= 0.3 is 18.2 Å². The first-order valence-electron chi connectivity index (χ1n) is 14.0. The van der Waals surface area contributed by atoms with Crippen LogP contribution < -0.4 is 16.0 Å². The summed E-state index contributed by atoms with van der Waals surface area (Å²) in [7, 11) is 0. The molecule has 40 heavy (non-hydrogen) atoms. The normalized spacial score (nSPS) is 14.2. The number of ether oxygens (including phenoxy) is 2. The third-order valence-corrected chi connectivity index (χ3v) is 6.92. The fourth-order valence-electron chi connectivity index (χ4n) is 4.81. The molecule has 0 saturated carbocycles. The van der Waals surface area contributed by atoms with Crippen molar-refractivity contribution in [3.8, 4) is 11.1 Å². The minimum atomic E-state index is -0.955. The number of hydrogen-bond acceptors (Lipinski definition) is 6. The number of rotatable bonds is 13. The molecule has 0 radical (unpaired) electrons. The Morgan fingerprint density at radius 1 is 0.925 bits per heavy atom. The molecule has 1 aliphatic rings. The predicted octanol–water partition coefficient (Wildman–Crippen LogP) is 5.29. The Bertz CT molecular complexity index is 1110. The summed E-state index contributed by atoms with van der Waals surface area (Å²) in [5.74, 6) is -0.931. The van der Waals surface area contributed by atoms with Gasteiger partial charge < -0.3 is 30.5 Å². The smallest absolute Gasteiger partial charge is 0.407 e. The topological polar surface area (TPSA) is 126 Å². The molecule has 0 aromatic heterocycles. The number of nitrogens with one attached hydrogen (secondary N) is 3. The molecule has 2 aromatic carbocycles. The molecule has 0 spiro atoms.